The number of aromatic nitrogens is 2. The maximum atomic E-state index is 12.7. The van der Waals surface area contributed by atoms with Gasteiger partial charge in [-0.1, -0.05) is 6.58 Å². The fourth-order valence-electron chi connectivity index (χ4n) is 1.83. The number of fused-ring (bicyclic) bond motifs is 1. The Bertz CT molecular complexity index is 442. The largest absolute Gasteiger partial charge is 0.416 e. The van der Waals surface area contributed by atoms with Gasteiger partial charge in [-0.05, 0) is 6.92 Å². The molecule has 17 heavy (non-hydrogen) atoms. The Labute approximate surface area is 98.3 Å². The van der Waals surface area contributed by atoms with E-state index in [-0.39, 0.29) is 0 Å². The Morgan fingerprint density at radius 1 is 1.71 bits per heavy atom. The highest BCUT2D eigenvalue weighted by Crippen LogP contribution is 2.21. The van der Waals surface area contributed by atoms with E-state index in [1.165, 1.54) is 4.90 Å². The molecule has 1 aliphatic heterocycles. The third-order valence-electron chi connectivity index (χ3n) is 2.67. The van der Waals surface area contributed by atoms with Gasteiger partial charge in [0.2, 0.25) is 0 Å². The van der Waals surface area contributed by atoms with Crippen molar-refractivity contribution < 1.29 is 13.9 Å². The highest BCUT2D eigenvalue weighted by Gasteiger charge is 2.25. The molecule has 0 atom stereocenters. The van der Waals surface area contributed by atoms with Gasteiger partial charge >= 0.3 is 6.09 Å². The number of amides is 1. The van der Waals surface area contributed by atoms with Crippen LogP contribution >= 0.6 is 0 Å². The van der Waals surface area contributed by atoms with Gasteiger partial charge in [0.15, 0.2) is 0 Å². The fourth-order valence-corrected chi connectivity index (χ4v) is 1.83. The van der Waals surface area contributed by atoms with Crippen molar-refractivity contribution in [3.63, 3.8) is 0 Å². The van der Waals surface area contributed by atoms with Gasteiger partial charge in [0.25, 0.3) is 0 Å². The number of ether oxygens (including phenoxy) is 1. The van der Waals surface area contributed by atoms with Crippen LogP contribution in [0.25, 0.3) is 0 Å². The number of hydrogen-bond donors (Lipinski definition) is 1. The first kappa shape index (κ1) is 11.6. The van der Waals surface area contributed by atoms with Crippen LogP contribution in [0.5, 0.6) is 0 Å². The number of H-pyrrole nitrogens is 1. The van der Waals surface area contributed by atoms with E-state index in [1.807, 2.05) is 0 Å². The van der Waals surface area contributed by atoms with E-state index >= 15 is 0 Å². The van der Waals surface area contributed by atoms with Crippen molar-refractivity contribution in [2.24, 2.45) is 0 Å². The summed E-state index contributed by atoms with van der Waals surface area (Å²) < 4.78 is 17.6. The molecule has 5 nitrogen and oxygen atoms in total. The van der Waals surface area contributed by atoms with E-state index in [1.54, 1.807) is 6.92 Å². The molecule has 1 aromatic heterocycles. The third-order valence-corrected chi connectivity index (χ3v) is 2.67. The van der Waals surface area contributed by atoms with E-state index in [2.05, 4.69) is 16.8 Å². The number of alkyl halides is 1. The quantitative estimate of drug-likeness (QED) is 0.802. The standard InChI is InChI=1S/C11H14FN3O2/c1-7(2)17-11(16)15-4-3-9-8(6-15)10(5-12)14-13-9/h1,3-6H2,2H3,(H,13,14). The first-order valence-corrected chi connectivity index (χ1v) is 5.35. The number of aromatic amines is 1. The number of rotatable bonds is 2. The monoisotopic (exact) mass is 239 g/mol. The number of hydrogen-bond acceptors (Lipinski definition) is 3. The highest BCUT2D eigenvalue weighted by atomic mass is 19.1. The zero-order valence-electron chi connectivity index (χ0n) is 9.62. The zero-order valence-corrected chi connectivity index (χ0v) is 9.62. The molecule has 0 saturated carbocycles. The Morgan fingerprint density at radius 3 is 3.12 bits per heavy atom. The van der Waals surface area contributed by atoms with E-state index in [9.17, 15) is 9.18 Å². The lowest BCUT2D eigenvalue weighted by Gasteiger charge is -2.26. The molecule has 0 aliphatic carbocycles. The number of nitrogens with one attached hydrogen (secondary N) is 1. The molecule has 92 valence electrons. The van der Waals surface area contributed by atoms with Crippen LogP contribution in [0.2, 0.25) is 0 Å². The Morgan fingerprint density at radius 2 is 2.47 bits per heavy atom. The van der Waals surface area contributed by atoms with Crippen molar-refractivity contribution in [1.82, 2.24) is 15.1 Å². The zero-order chi connectivity index (χ0) is 12.4. The molecule has 0 radical (unpaired) electrons. The molecule has 0 spiro atoms. The molecule has 2 heterocycles. The minimum absolute atomic E-state index is 0.331. The van der Waals surface area contributed by atoms with Gasteiger partial charge in [0.1, 0.15) is 6.67 Å². The summed E-state index contributed by atoms with van der Waals surface area (Å²) in [6.45, 7) is 5.35. The van der Waals surface area contributed by atoms with Crippen LogP contribution in [0, 0.1) is 0 Å². The van der Waals surface area contributed by atoms with E-state index in [4.69, 9.17) is 4.74 Å². The number of carbonyl (C=O) groups is 1. The maximum Gasteiger partial charge on any atom is 0.415 e. The molecule has 0 bridgehead atoms. The van der Waals surface area contributed by atoms with Gasteiger partial charge in [-0.25, -0.2) is 9.18 Å². The van der Waals surface area contributed by atoms with E-state index in [0.717, 1.165) is 11.3 Å². The fraction of sp³-hybridized carbons (Fsp3) is 0.455. The molecule has 6 heteroatoms. The van der Waals surface area contributed by atoms with Crippen LogP contribution in [-0.2, 0) is 24.4 Å². The summed E-state index contributed by atoms with van der Waals surface area (Å²) in [5.74, 6) is 0.346. The molecule has 1 aromatic rings. The minimum Gasteiger partial charge on any atom is -0.416 e. The molecular formula is C11H14FN3O2. The summed E-state index contributed by atoms with van der Waals surface area (Å²) in [5.41, 5.74) is 2.03. The number of allylic oxidation sites excluding steroid dienone is 1. The summed E-state index contributed by atoms with van der Waals surface area (Å²) in [4.78, 5) is 13.2. The average molecular weight is 239 g/mol. The van der Waals surface area contributed by atoms with E-state index in [0.29, 0.717) is 31.0 Å². The summed E-state index contributed by atoms with van der Waals surface area (Å²) in [6, 6.07) is 0. The molecule has 1 N–H and O–H groups in total. The van der Waals surface area contributed by atoms with Crippen molar-refractivity contribution in [2.75, 3.05) is 6.54 Å². The maximum absolute atomic E-state index is 12.7. The molecule has 1 aliphatic rings. The normalized spacial score (nSPS) is 14.4. The Kier molecular flexibility index (Phi) is 3.12. The van der Waals surface area contributed by atoms with Gasteiger partial charge in [0.05, 0.1) is 18.0 Å². The first-order chi connectivity index (χ1) is 8.11. The van der Waals surface area contributed by atoms with Gasteiger partial charge in [-0.3, -0.25) is 5.10 Å². The van der Waals surface area contributed by atoms with Gasteiger partial charge in [0, 0.05) is 24.2 Å². The van der Waals surface area contributed by atoms with Crippen LogP contribution in [0.1, 0.15) is 23.9 Å². The molecule has 0 saturated heterocycles. The highest BCUT2D eigenvalue weighted by molar-refractivity contribution is 5.69. The number of nitrogens with zero attached hydrogens (tertiary/aromatic N) is 2. The molecule has 0 fully saturated rings. The second-order valence-corrected chi connectivity index (χ2v) is 4.00. The number of halogens is 1. The van der Waals surface area contributed by atoms with E-state index < -0.39 is 12.8 Å². The number of carbonyl (C=O) groups excluding carboxylic acids is 1. The molecule has 0 unspecified atom stereocenters. The molecule has 1 amide bonds. The summed E-state index contributed by atoms with van der Waals surface area (Å²) in [5, 5.41) is 6.67. The average Bonchev–Trinajstić information content (AvgIpc) is 2.69. The second kappa shape index (κ2) is 4.57. The summed E-state index contributed by atoms with van der Waals surface area (Å²) in [6.07, 6.45) is 0.183. The third kappa shape index (κ3) is 2.30. The molecule has 0 aromatic carbocycles. The Balaban J connectivity index is 2.12. The molecule has 2 rings (SSSR count). The van der Waals surface area contributed by atoms with Gasteiger partial charge < -0.3 is 9.64 Å². The van der Waals surface area contributed by atoms with Crippen LogP contribution in [0.4, 0.5) is 9.18 Å². The lowest BCUT2D eigenvalue weighted by molar-refractivity contribution is 0.123. The van der Waals surface area contributed by atoms with Crippen molar-refractivity contribution in [3.05, 3.63) is 29.3 Å². The van der Waals surface area contributed by atoms with Gasteiger partial charge in [-0.2, -0.15) is 5.10 Å². The SMILES string of the molecule is C=C(C)OC(=O)N1CCc2[nH]nc(CF)c2C1. The van der Waals surface area contributed by atoms with Crippen LogP contribution in [0.3, 0.4) is 0 Å². The first-order valence-electron chi connectivity index (χ1n) is 5.35. The van der Waals surface area contributed by atoms with Crippen molar-refractivity contribution >= 4 is 6.09 Å². The lowest BCUT2D eigenvalue weighted by Crippen LogP contribution is -2.36. The van der Waals surface area contributed by atoms with Gasteiger partial charge in [-0.15, -0.1) is 0 Å². The van der Waals surface area contributed by atoms with Crippen molar-refractivity contribution in [1.29, 1.82) is 0 Å². The van der Waals surface area contributed by atoms with Crippen LogP contribution in [-0.4, -0.2) is 27.7 Å². The lowest BCUT2D eigenvalue weighted by atomic mass is 10.1. The van der Waals surface area contributed by atoms with Crippen molar-refractivity contribution in [2.45, 2.75) is 26.6 Å². The molecular weight excluding hydrogens is 225 g/mol. The summed E-state index contributed by atoms with van der Waals surface area (Å²) in [7, 11) is 0. The van der Waals surface area contributed by atoms with Crippen molar-refractivity contribution in [3.8, 4) is 0 Å². The van der Waals surface area contributed by atoms with Crippen LogP contribution in [0.15, 0.2) is 12.3 Å². The minimum atomic E-state index is -0.630. The smallest absolute Gasteiger partial charge is 0.415 e. The second-order valence-electron chi connectivity index (χ2n) is 4.00. The predicted molar refractivity (Wildman–Crippen MR) is 58.8 cm³/mol. The Hall–Kier alpha value is -1.85. The topological polar surface area (TPSA) is 58.2 Å². The summed E-state index contributed by atoms with van der Waals surface area (Å²) >= 11 is 0. The van der Waals surface area contributed by atoms with Crippen LogP contribution < -0.4 is 0 Å². The predicted octanol–water partition coefficient (Wildman–Crippen LogP) is 1.91.